The predicted molar refractivity (Wildman–Crippen MR) is 123 cm³/mol. The highest BCUT2D eigenvalue weighted by atomic mass is 32.2. The molecule has 30 heavy (non-hydrogen) atoms. The predicted octanol–water partition coefficient (Wildman–Crippen LogP) is 5.99. The normalized spacial score (nSPS) is 26.5. The van der Waals surface area contributed by atoms with Gasteiger partial charge in [-0.2, -0.15) is 11.8 Å². The molecular weight excluding hydrogens is 392 g/mol. The zero-order valence-corrected chi connectivity index (χ0v) is 19.0. The van der Waals surface area contributed by atoms with Gasteiger partial charge in [0.15, 0.2) is 0 Å². The number of Topliss-reactive ketones (excluding diaryl/α,β-unsaturated/α-hetero) is 1. The zero-order chi connectivity index (χ0) is 21.4. The van der Waals surface area contributed by atoms with E-state index in [0.29, 0.717) is 18.1 Å². The first-order valence-electron chi connectivity index (χ1n) is 10.9. The highest BCUT2D eigenvalue weighted by Crippen LogP contribution is 2.65. The number of ketones is 1. The fourth-order valence-corrected chi connectivity index (χ4v) is 7.31. The Hall–Kier alpha value is -1.78. The standard InChI is InChI=1S/C26H32O3S/c1-25(2)20-13-14-26(25,24(28)15-20)17-30-23(19-9-11-21(29-3)12-10-19)16-22(27)18-7-5-4-6-8-18/h4-12,20,22-23,27H,13-17H2,1-3H3/t20-,22-,23-,26-/m1/s1. The van der Waals surface area contributed by atoms with Crippen molar-refractivity contribution in [3.63, 3.8) is 0 Å². The lowest BCUT2D eigenvalue weighted by Gasteiger charge is -2.37. The molecule has 0 saturated heterocycles. The molecule has 2 bridgehead atoms. The maximum atomic E-state index is 13.0. The number of hydrogen-bond acceptors (Lipinski definition) is 4. The van der Waals surface area contributed by atoms with Gasteiger partial charge in [-0.05, 0) is 53.9 Å². The van der Waals surface area contributed by atoms with E-state index in [0.717, 1.165) is 29.9 Å². The molecule has 0 aromatic heterocycles. The van der Waals surface area contributed by atoms with Crippen molar-refractivity contribution < 1.29 is 14.6 Å². The second-order valence-corrected chi connectivity index (χ2v) is 10.6. The first kappa shape index (κ1) is 21.5. The van der Waals surface area contributed by atoms with Crippen LogP contribution in [0.3, 0.4) is 0 Å². The van der Waals surface area contributed by atoms with E-state index in [9.17, 15) is 9.90 Å². The molecule has 0 aliphatic heterocycles. The topological polar surface area (TPSA) is 46.5 Å². The van der Waals surface area contributed by atoms with E-state index in [-0.39, 0.29) is 16.1 Å². The van der Waals surface area contributed by atoms with Crippen LogP contribution in [-0.4, -0.2) is 23.8 Å². The molecule has 0 radical (unpaired) electrons. The number of methoxy groups -OCH3 is 1. The highest BCUT2D eigenvalue weighted by molar-refractivity contribution is 7.99. The Kier molecular flexibility index (Phi) is 6.00. The fourth-order valence-electron chi connectivity index (χ4n) is 5.48. The van der Waals surface area contributed by atoms with E-state index in [1.54, 1.807) is 7.11 Å². The summed E-state index contributed by atoms with van der Waals surface area (Å²) in [6.45, 7) is 4.58. The Morgan fingerprint density at radius 3 is 2.37 bits per heavy atom. The van der Waals surface area contributed by atoms with Gasteiger partial charge in [0.25, 0.3) is 0 Å². The Morgan fingerprint density at radius 2 is 1.80 bits per heavy atom. The third-order valence-electron chi connectivity index (χ3n) is 7.78. The number of rotatable bonds is 8. The molecule has 0 heterocycles. The van der Waals surface area contributed by atoms with E-state index in [4.69, 9.17) is 4.74 Å². The van der Waals surface area contributed by atoms with Gasteiger partial charge in [0.1, 0.15) is 11.5 Å². The van der Waals surface area contributed by atoms with E-state index in [1.165, 1.54) is 12.0 Å². The molecule has 1 N–H and O–H groups in total. The number of fused-ring (bicyclic) bond motifs is 2. The lowest BCUT2D eigenvalue weighted by atomic mass is 9.70. The Balaban J connectivity index is 1.56. The summed E-state index contributed by atoms with van der Waals surface area (Å²) >= 11 is 1.84. The summed E-state index contributed by atoms with van der Waals surface area (Å²) in [5.41, 5.74) is 1.96. The van der Waals surface area contributed by atoms with Crippen molar-refractivity contribution in [3.8, 4) is 5.75 Å². The number of thioether (sulfide) groups is 1. The quantitative estimate of drug-likeness (QED) is 0.565. The minimum atomic E-state index is -0.535. The van der Waals surface area contributed by atoms with Gasteiger partial charge in [0.2, 0.25) is 0 Å². The van der Waals surface area contributed by atoms with Gasteiger partial charge in [-0.25, -0.2) is 0 Å². The molecule has 0 amide bonds. The van der Waals surface area contributed by atoms with Crippen molar-refractivity contribution in [1.82, 2.24) is 0 Å². The first-order valence-corrected chi connectivity index (χ1v) is 11.9. The van der Waals surface area contributed by atoms with Gasteiger partial charge in [-0.3, -0.25) is 4.79 Å². The van der Waals surface area contributed by atoms with Gasteiger partial charge in [-0.15, -0.1) is 0 Å². The van der Waals surface area contributed by atoms with E-state index in [1.807, 2.05) is 54.2 Å². The van der Waals surface area contributed by atoms with Gasteiger partial charge in [0, 0.05) is 22.8 Å². The Bertz CT molecular complexity index is 877. The SMILES string of the molecule is COc1ccc([C@@H](C[C@@H](O)c2ccccc2)SC[C@]23CC[C@H](CC2=O)C3(C)C)cc1. The number of aliphatic hydroxyl groups excluding tert-OH is 1. The molecule has 160 valence electrons. The first-order chi connectivity index (χ1) is 14.4. The highest BCUT2D eigenvalue weighted by Gasteiger charge is 2.63. The minimum absolute atomic E-state index is 0.0690. The number of aliphatic hydroxyl groups is 1. The molecule has 4 rings (SSSR count). The van der Waals surface area contributed by atoms with Crippen LogP contribution in [0.15, 0.2) is 54.6 Å². The van der Waals surface area contributed by atoms with Crippen molar-refractivity contribution in [2.24, 2.45) is 16.7 Å². The van der Waals surface area contributed by atoms with Crippen LogP contribution in [0, 0.1) is 16.7 Å². The summed E-state index contributed by atoms with van der Waals surface area (Å²) in [5.74, 6) is 2.64. The van der Waals surface area contributed by atoms with Gasteiger partial charge in [-0.1, -0.05) is 56.3 Å². The second kappa shape index (κ2) is 8.39. The molecule has 4 heteroatoms. The van der Waals surface area contributed by atoms with Crippen molar-refractivity contribution >= 4 is 17.5 Å². The van der Waals surface area contributed by atoms with Crippen LogP contribution in [-0.2, 0) is 4.79 Å². The van der Waals surface area contributed by atoms with Crippen molar-refractivity contribution in [3.05, 3.63) is 65.7 Å². The monoisotopic (exact) mass is 424 g/mol. The van der Waals surface area contributed by atoms with Crippen LogP contribution in [0.4, 0.5) is 0 Å². The van der Waals surface area contributed by atoms with E-state index >= 15 is 0 Å². The third kappa shape index (κ3) is 3.69. The van der Waals surface area contributed by atoms with E-state index in [2.05, 4.69) is 26.0 Å². The minimum Gasteiger partial charge on any atom is -0.497 e. The van der Waals surface area contributed by atoms with Crippen LogP contribution in [0.25, 0.3) is 0 Å². The lowest BCUT2D eigenvalue weighted by Crippen LogP contribution is -2.38. The molecule has 3 nitrogen and oxygen atoms in total. The number of benzene rings is 2. The largest absolute Gasteiger partial charge is 0.497 e. The van der Waals surface area contributed by atoms with Crippen molar-refractivity contribution in [2.75, 3.05) is 12.9 Å². The number of carbonyl (C=O) groups excluding carboxylic acids is 1. The van der Waals surface area contributed by atoms with Crippen LogP contribution in [0.1, 0.15) is 62.0 Å². The van der Waals surface area contributed by atoms with Crippen LogP contribution < -0.4 is 4.74 Å². The van der Waals surface area contributed by atoms with E-state index < -0.39 is 6.10 Å². The van der Waals surface area contributed by atoms with Crippen LogP contribution >= 0.6 is 11.8 Å². The molecule has 2 aromatic carbocycles. The number of hydrogen-bond donors (Lipinski definition) is 1. The Labute approximate surface area is 184 Å². The van der Waals surface area contributed by atoms with Crippen LogP contribution in [0.2, 0.25) is 0 Å². The van der Waals surface area contributed by atoms with Gasteiger partial charge < -0.3 is 9.84 Å². The number of carbonyl (C=O) groups is 1. The summed E-state index contributed by atoms with van der Waals surface area (Å²) in [6, 6.07) is 18.0. The molecule has 0 unspecified atom stereocenters. The van der Waals surface area contributed by atoms with Gasteiger partial charge >= 0.3 is 0 Å². The average molecular weight is 425 g/mol. The summed E-state index contributed by atoms with van der Waals surface area (Å²) in [6.07, 6.45) is 3.00. The molecule has 0 spiro atoms. The molecule has 2 aliphatic rings. The Morgan fingerprint density at radius 1 is 1.10 bits per heavy atom. The molecule has 4 atom stereocenters. The summed E-state index contributed by atoms with van der Waals surface area (Å²) in [4.78, 5) is 13.0. The summed E-state index contributed by atoms with van der Waals surface area (Å²) in [5, 5.41) is 11.0. The number of ether oxygens (including phenoxy) is 1. The van der Waals surface area contributed by atoms with Crippen molar-refractivity contribution in [1.29, 1.82) is 0 Å². The fraction of sp³-hybridized carbons (Fsp3) is 0.500. The molecule has 2 fully saturated rings. The lowest BCUT2D eigenvalue weighted by molar-refractivity contribution is -0.127. The maximum Gasteiger partial charge on any atom is 0.140 e. The molecule has 2 saturated carbocycles. The second-order valence-electron chi connectivity index (χ2n) is 9.40. The summed E-state index contributed by atoms with van der Waals surface area (Å²) in [7, 11) is 1.67. The van der Waals surface area contributed by atoms with Crippen molar-refractivity contribution in [2.45, 2.75) is 50.9 Å². The third-order valence-corrected chi connectivity index (χ3v) is 9.31. The molecule has 2 aromatic rings. The molecule has 2 aliphatic carbocycles. The zero-order valence-electron chi connectivity index (χ0n) is 18.1. The summed E-state index contributed by atoms with van der Waals surface area (Å²) < 4.78 is 5.32. The van der Waals surface area contributed by atoms with Gasteiger partial charge in [0.05, 0.1) is 13.2 Å². The molecular formula is C26H32O3S. The van der Waals surface area contributed by atoms with Crippen LogP contribution in [0.5, 0.6) is 5.75 Å². The maximum absolute atomic E-state index is 13.0. The average Bonchev–Trinajstić information content (AvgIpc) is 3.12. The smallest absolute Gasteiger partial charge is 0.140 e.